The zero-order chi connectivity index (χ0) is 16.8. The summed E-state index contributed by atoms with van der Waals surface area (Å²) in [5.74, 6) is -0.0750. The maximum Gasteiger partial charge on any atom is 0.261 e. The third-order valence-corrected chi connectivity index (χ3v) is 3.74. The molecule has 0 saturated carbocycles. The highest BCUT2D eigenvalue weighted by molar-refractivity contribution is 5.81. The maximum atomic E-state index is 12.9. The quantitative estimate of drug-likeness (QED) is 0.874. The van der Waals surface area contributed by atoms with Gasteiger partial charge in [-0.3, -0.25) is 4.79 Å². The van der Waals surface area contributed by atoms with Crippen molar-refractivity contribution in [2.24, 2.45) is 0 Å². The summed E-state index contributed by atoms with van der Waals surface area (Å²) in [5.41, 5.74) is 2.31. The Morgan fingerprint density at radius 1 is 1.09 bits per heavy atom. The lowest BCUT2D eigenvalue weighted by Crippen LogP contribution is -2.37. The molecule has 0 aliphatic carbocycles. The summed E-state index contributed by atoms with van der Waals surface area (Å²) in [6.45, 7) is 5.71. The van der Waals surface area contributed by atoms with Gasteiger partial charge in [-0.05, 0) is 55.7 Å². The number of carbonyl (C=O) groups is 1. The van der Waals surface area contributed by atoms with Crippen molar-refractivity contribution in [2.45, 2.75) is 39.3 Å². The van der Waals surface area contributed by atoms with E-state index in [0.717, 1.165) is 12.0 Å². The lowest BCUT2D eigenvalue weighted by Gasteiger charge is -2.19. The van der Waals surface area contributed by atoms with Gasteiger partial charge in [0.15, 0.2) is 6.10 Å². The van der Waals surface area contributed by atoms with Crippen LogP contribution in [0.5, 0.6) is 5.75 Å². The van der Waals surface area contributed by atoms with Gasteiger partial charge in [-0.1, -0.05) is 31.2 Å². The summed E-state index contributed by atoms with van der Waals surface area (Å²) in [7, 11) is 0. The van der Waals surface area contributed by atoms with Crippen LogP contribution < -0.4 is 10.1 Å². The van der Waals surface area contributed by atoms with Gasteiger partial charge < -0.3 is 10.1 Å². The number of nitrogens with one attached hydrogen (secondary N) is 1. The number of ether oxygens (including phenoxy) is 1. The molecule has 0 heterocycles. The first kappa shape index (κ1) is 17.0. The van der Waals surface area contributed by atoms with Gasteiger partial charge in [0.1, 0.15) is 11.6 Å². The molecule has 2 atom stereocenters. The molecule has 0 spiro atoms. The first-order chi connectivity index (χ1) is 11.0. The third kappa shape index (κ3) is 4.81. The van der Waals surface area contributed by atoms with E-state index in [0.29, 0.717) is 5.75 Å². The molecule has 23 heavy (non-hydrogen) atoms. The van der Waals surface area contributed by atoms with E-state index >= 15 is 0 Å². The Morgan fingerprint density at radius 3 is 2.26 bits per heavy atom. The predicted octanol–water partition coefficient (Wildman–Crippen LogP) is 4.03. The maximum absolute atomic E-state index is 12.9. The van der Waals surface area contributed by atoms with Crippen LogP contribution in [0.25, 0.3) is 0 Å². The lowest BCUT2D eigenvalue weighted by molar-refractivity contribution is -0.127. The summed E-state index contributed by atoms with van der Waals surface area (Å²) in [4.78, 5) is 12.2. The fourth-order valence-corrected chi connectivity index (χ4v) is 2.23. The van der Waals surface area contributed by atoms with Crippen molar-refractivity contribution < 1.29 is 13.9 Å². The highest BCUT2D eigenvalue weighted by Gasteiger charge is 2.17. The zero-order valence-corrected chi connectivity index (χ0v) is 13.7. The minimum atomic E-state index is -0.655. The Bertz CT molecular complexity index is 637. The highest BCUT2D eigenvalue weighted by atomic mass is 19.1. The smallest absolute Gasteiger partial charge is 0.261 e. The average Bonchev–Trinajstić information content (AvgIpc) is 2.56. The van der Waals surface area contributed by atoms with E-state index in [-0.39, 0.29) is 17.8 Å². The molecular formula is C19H22FNO2. The number of halogens is 1. The first-order valence-electron chi connectivity index (χ1n) is 7.81. The molecule has 2 aromatic rings. The summed E-state index contributed by atoms with van der Waals surface area (Å²) >= 11 is 0. The number of amides is 1. The van der Waals surface area contributed by atoms with Crippen molar-refractivity contribution in [3.63, 3.8) is 0 Å². The Labute approximate surface area is 136 Å². The van der Waals surface area contributed by atoms with Gasteiger partial charge in [0.05, 0.1) is 6.04 Å². The molecule has 1 amide bonds. The fraction of sp³-hybridized carbons (Fsp3) is 0.316. The van der Waals surface area contributed by atoms with E-state index in [2.05, 4.69) is 24.4 Å². The number of hydrogen-bond donors (Lipinski definition) is 1. The second-order valence-electron chi connectivity index (χ2n) is 5.54. The molecule has 0 aliphatic rings. The van der Waals surface area contributed by atoms with E-state index in [1.807, 2.05) is 19.1 Å². The molecule has 0 saturated heterocycles. The highest BCUT2D eigenvalue weighted by Crippen LogP contribution is 2.16. The van der Waals surface area contributed by atoms with E-state index in [1.54, 1.807) is 6.92 Å². The molecular weight excluding hydrogens is 293 g/mol. The summed E-state index contributed by atoms with van der Waals surface area (Å²) in [5, 5.41) is 2.93. The normalized spacial score (nSPS) is 13.2. The fourth-order valence-electron chi connectivity index (χ4n) is 2.23. The topological polar surface area (TPSA) is 38.3 Å². The number of hydrogen-bond acceptors (Lipinski definition) is 2. The molecule has 0 radical (unpaired) electrons. The molecule has 2 aromatic carbocycles. The monoisotopic (exact) mass is 315 g/mol. The molecule has 1 N–H and O–H groups in total. The molecule has 4 heteroatoms. The van der Waals surface area contributed by atoms with Crippen LogP contribution in [0.1, 0.15) is 37.9 Å². The van der Waals surface area contributed by atoms with Crippen LogP contribution in [0.15, 0.2) is 48.5 Å². The van der Waals surface area contributed by atoms with Gasteiger partial charge in [0, 0.05) is 0 Å². The molecule has 0 unspecified atom stereocenters. The van der Waals surface area contributed by atoms with Crippen LogP contribution in [0.2, 0.25) is 0 Å². The van der Waals surface area contributed by atoms with Crippen molar-refractivity contribution in [3.05, 3.63) is 65.5 Å². The van der Waals surface area contributed by atoms with Gasteiger partial charge in [0.25, 0.3) is 5.91 Å². The van der Waals surface area contributed by atoms with Crippen molar-refractivity contribution in [3.8, 4) is 5.75 Å². The molecule has 0 fully saturated rings. The first-order valence-corrected chi connectivity index (χ1v) is 7.81. The summed E-state index contributed by atoms with van der Waals surface area (Å²) in [6, 6.07) is 13.7. The Balaban J connectivity index is 1.92. The Kier molecular flexibility index (Phi) is 5.74. The molecule has 3 nitrogen and oxygen atoms in total. The zero-order valence-electron chi connectivity index (χ0n) is 13.7. The third-order valence-electron chi connectivity index (χ3n) is 3.74. The van der Waals surface area contributed by atoms with E-state index in [9.17, 15) is 9.18 Å². The van der Waals surface area contributed by atoms with E-state index in [4.69, 9.17) is 4.74 Å². The van der Waals surface area contributed by atoms with Gasteiger partial charge in [-0.15, -0.1) is 0 Å². The van der Waals surface area contributed by atoms with Crippen LogP contribution in [0.3, 0.4) is 0 Å². The van der Waals surface area contributed by atoms with Crippen LogP contribution >= 0.6 is 0 Å². The molecule has 0 aromatic heterocycles. The van der Waals surface area contributed by atoms with E-state index < -0.39 is 6.10 Å². The molecule has 0 aliphatic heterocycles. The SMILES string of the molecule is CCc1ccc([C@@H](C)NC(=O)[C@@H](C)Oc2ccc(F)cc2)cc1. The van der Waals surface area contributed by atoms with Crippen LogP contribution in [-0.4, -0.2) is 12.0 Å². The molecule has 122 valence electrons. The van der Waals surface area contributed by atoms with Crippen molar-refractivity contribution in [1.29, 1.82) is 0 Å². The second kappa shape index (κ2) is 7.77. The van der Waals surface area contributed by atoms with Crippen LogP contribution in [-0.2, 0) is 11.2 Å². The minimum absolute atomic E-state index is 0.104. The molecule has 0 bridgehead atoms. The van der Waals surface area contributed by atoms with Gasteiger partial charge >= 0.3 is 0 Å². The van der Waals surface area contributed by atoms with Gasteiger partial charge in [-0.25, -0.2) is 4.39 Å². The second-order valence-corrected chi connectivity index (χ2v) is 5.54. The Hall–Kier alpha value is -2.36. The largest absolute Gasteiger partial charge is 0.481 e. The van der Waals surface area contributed by atoms with E-state index in [1.165, 1.54) is 29.8 Å². The van der Waals surface area contributed by atoms with Crippen molar-refractivity contribution in [1.82, 2.24) is 5.32 Å². The van der Waals surface area contributed by atoms with Crippen molar-refractivity contribution in [2.75, 3.05) is 0 Å². The number of aryl methyl sites for hydroxylation is 1. The standard InChI is InChI=1S/C19H22FNO2/c1-4-15-5-7-16(8-6-15)13(2)21-19(22)14(3)23-18-11-9-17(20)10-12-18/h5-14H,4H2,1-3H3,(H,21,22)/t13-,14-/m1/s1. The lowest BCUT2D eigenvalue weighted by atomic mass is 10.0. The van der Waals surface area contributed by atoms with Crippen molar-refractivity contribution >= 4 is 5.91 Å². The summed E-state index contributed by atoms with van der Waals surface area (Å²) in [6.07, 6.45) is 0.335. The van der Waals surface area contributed by atoms with Gasteiger partial charge in [0.2, 0.25) is 0 Å². The number of benzene rings is 2. The predicted molar refractivity (Wildman–Crippen MR) is 88.9 cm³/mol. The molecule has 2 rings (SSSR count). The van der Waals surface area contributed by atoms with Crippen LogP contribution in [0, 0.1) is 5.82 Å². The average molecular weight is 315 g/mol. The summed E-state index contributed by atoms with van der Waals surface area (Å²) < 4.78 is 18.4. The number of rotatable bonds is 6. The van der Waals surface area contributed by atoms with Crippen LogP contribution in [0.4, 0.5) is 4.39 Å². The Morgan fingerprint density at radius 2 is 1.70 bits per heavy atom. The number of carbonyl (C=O) groups excluding carboxylic acids is 1. The van der Waals surface area contributed by atoms with Gasteiger partial charge in [-0.2, -0.15) is 0 Å². The minimum Gasteiger partial charge on any atom is -0.481 e.